The second-order valence-electron chi connectivity index (χ2n) is 6.44. The predicted octanol–water partition coefficient (Wildman–Crippen LogP) is 4.66. The number of aromatic nitrogens is 2. The largest absolute Gasteiger partial charge is 0.378 e. The Morgan fingerprint density at radius 3 is 2.28 bits per heavy atom. The molecule has 0 unspecified atom stereocenters. The molecule has 0 atom stereocenters. The third-order valence-electron chi connectivity index (χ3n) is 4.50. The highest BCUT2D eigenvalue weighted by atomic mass is 15.1. The number of nitrogens with zero attached hydrogens (tertiary/aromatic N) is 3. The minimum atomic E-state index is 0.858. The fourth-order valence-corrected chi connectivity index (χ4v) is 3.15. The number of rotatable bonds is 4. The average molecular weight is 327 g/mol. The number of fused-ring (bicyclic) bond motifs is 1. The summed E-state index contributed by atoms with van der Waals surface area (Å²) in [6.45, 7) is 0. The number of benzene rings is 2. The lowest BCUT2D eigenvalue weighted by Gasteiger charge is -2.12. The summed E-state index contributed by atoms with van der Waals surface area (Å²) in [4.78, 5) is 7.01. The van der Waals surface area contributed by atoms with Gasteiger partial charge in [-0.3, -0.25) is 0 Å². The lowest BCUT2D eigenvalue weighted by molar-refractivity contribution is 1.03. The molecule has 0 aliphatic carbocycles. The maximum atomic E-state index is 4.90. The van der Waals surface area contributed by atoms with Crippen molar-refractivity contribution in [3.63, 3.8) is 0 Å². The van der Waals surface area contributed by atoms with E-state index in [-0.39, 0.29) is 0 Å². The van der Waals surface area contributed by atoms with Crippen molar-refractivity contribution in [2.24, 2.45) is 0 Å². The average Bonchev–Trinajstić information content (AvgIpc) is 3.01. The van der Waals surface area contributed by atoms with Crippen LogP contribution in [0.25, 0.3) is 16.9 Å². The molecule has 0 N–H and O–H groups in total. The lowest BCUT2D eigenvalue weighted by atomic mass is 10.0. The van der Waals surface area contributed by atoms with Crippen LogP contribution < -0.4 is 4.90 Å². The van der Waals surface area contributed by atoms with E-state index in [1.165, 1.54) is 16.9 Å². The normalized spacial score (nSPS) is 11.0. The Hall–Kier alpha value is -3.07. The molecule has 2 heterocycles. The number of imidazole rings is 1. The zero-order valence-electron chi connectivity index (χ0n) is 14.6. The fraction of sp³-hybridized carbons (Fsp3) is 0.136. The molecule has 0 aliphatic heterocycles. The van der Waals surface area contributed by atoms with Crippen LogP contribution in [0.15, 0.2) is 79.0 Å². The van der Waals surface area contributed by atoms with Crippen LogP contribution in [0.2, 0.25) is 0 Å². The van der Waals surface area contributed by atoms with Crippen LogP contribution in [-0.4, -0.2) is 23.5 Å². The van der Waals surface area contributed by atoms with Gasteiger partial charge in [0.25, 0.3) is 0 Å². The molecule has 0 fully saturated rings. The van der Waals surface area contributed by atoms with Gasteiger partial charge in [-0.2, -0.15) is 0 Å². The molecule has 0 saturated heterocycles. The molecule has 0 spiro atoms. The van der Waals surface area contributed by atoms with Crippen molar-refractivity contribution in [1.29, 1.82) is 0 Å². The lowest BCUT2D eigenvalue weighted by Crippen LogP contribution is -2.08. The Morgan fingerprint density at radius 1 is 0.840 bits per heavy atom. The van der Waals surface area contributed by atoms with Crippen molar-refractivity contribution < 1.29 is 0 Å². The first kappa shape index (κ1) is 15.5. The molecular weight excluding hydrogens is 306 g/mol. The quantitative estimate of drug-likeness (QED) is 0.543. The number of anilines is 1. The molecule has 0 amide bonds. The van der Waals surface area contributed by atoms with Gasteiger partial charge in [0.1, 0.15) is 5.65 Å². The highest BCUT2D eigenvalue weighted by molar-refractivity contribution is 5.69. The van der Waals surface area contributed by atoms with Crippen LogP contribution in [0.1, 0.15) is 11.3 Å². The maximum absolute atomic E-state index is 4.90. The van der Waals surface area contributed by atoms with E-state index in [9.17, 15) is 0 Å². The standard InChI is InChI=1S/C22H21N3/c1-24(2)19-13-11-18(12-14-19)22-20(16-17-8-4-3-5-9-17)25-15-7-6-10-21(25)23-22/h3-15H,16H2,1-2H3. The Kier molecular flexibility index (Phi) is 3.98. The van der Waals surface area contributed by atoms with E-state index in [1.807, 2.05) is 6.07 Å². The molecule has 3 heteroatoms. The first-order valence-corrected chi connectivity index (χ1v) is 8.50. The van der Waals surface area contributed by atoms with Crippen LogP contribution in [0.3, 0.4) is 0 Å². The number of hydrogen-bond acceptors (Lipinski definition) is 2. The smallest absolute Gasteiger partial charge is 0.137 e. The van der Waals surface area contributed by atoms with E-state index in [4.69, 9.17) is 4.98 Å². The molecule has 0 aliphatic rings. The van der Waals surface area contributed by atoms with E-state index in [0.717, 1.165) is 23.3 Å². The van der Waals surface area contributed by atoms with E-state index in [1.54, 1.807) is 0 Å². The van der Waals surface area contributed by atoms with Crippen LogP contribution in [0.4, 0.5) is 5.69 Å². The van der Waals surface area contributed by atoms with Crippen LogP contribution in [0.5, 0.6) is 0 Å². The van der Waals surface area contributed by atoms with E-state index < -0.39 is 0 Å². The van der Waals surface area contributed by atoms with E-state index in [0.29, 0.717) is 0 Å². The molecular formula is C22H21N3. The Balaban J connectivity index is 1.83. The van der Waals surface area contributed by atoms with Gasteiger partial charge in [-0.25, -0.2) is 4.98 Å². The van der Waals surface area contributed by atoms with Crippen molar-refractivity contribution >= 4 is 11.3 Å². The monoisotopic (exact) mass is 327 g/mol. The van der Waals surface area contributed by atoms with Crippen LogP contribution in [-0.2, 0) is 6.42 Å². The summed E-state index contributed by atoms with van der Waals surface area (Å²) in [6, 6.07) is 25.3. The first-order valence-electron chi connectivity index (χ1n) is 8.50. The first-order chi connectivity index (χ1) is 12.2. The van der Waals surface area contributed by atoms with Crippen molar-refractivity contribution in [3.05, 3.63) is 90.3 Å². The predicted molar refractivity (Wildman–Crippen MR) is 104 cm³/mol. The Morgan fingerprint density at radius 2 is 1.56 bits per heavy atom. The van der Waals surface area contributed by atoms with Crippen molar-refractivity contribution in [1.82, 2.24) is 9.38 Å². The summed E-state index contributed by atoms with van der Waals surface area (Å²) in [6.07, 6.45) is 2.95. The molecule has 2 aromatic carbocycles. The molecule has 0 radical (unpaired) electrons. The second kappa shape index (κ2) is 6.44. The zero-order valence-corrected chi connectivity index (χ0v) is 14.6. The van der Waals surface area contributed by atoms with Crippen molar-refractivity contribution in [2.75, 3.05) is 19.0 Å². The summed E-state index contributed by atoms with van der Waals surface area (Å²) in [5, 5.41) is 0. The van der Waals surface area contributed by atoms with Gasteiger partial charge in [0.2, 0.25) is 0 Å². The highest BCUT2D eigenvalue weighted by Crippen LogP contribution is 2.28. The summed E-state index contributed by atoms with van der Waals surface area (Å²) >= 11 is 0. The van der Waals surface area contributed by atoms with Crippen LogP contribution >= 0.6 is 0 Å². The Bertz CT molecular complexity index is 983. The zero-order chi connectivity index (χ0) is 17.2. The highest BCUT2D eigenvalue weighted by Gasteiger charge is 2.14. The second-order valence-corrected chi connectivity index (χ2v) is 6.44. The SMILES string of the molecule is CN(C)c1ccc(-c2nc3ccccn3c2Cc2ccccc2)cc1. The van der Waals surface area contributed by atoms with Gasteiger partial charge in [0, 0.05) is 38.0 Å². The van der Waals surface area contributed by atoms with Gasteiger partial charge in [0.05, 0.1) is 11.4 Å². The third kappa shape index (κ3) is 3.01. The fourth-order valence-electron chi connectivity index (χ4n) is 3.15. The molecule has 2 aromatic heterocycles. The maximum Gasteiger partial charge on any atom is 0.137 e. The van der Waals surface area contributed by atoms with Gasteiger partial charge in [-0.1, -0.05) is 48.5 Å². The molecule has 3 nitrogen and oxygen atoms in total. The van der Waals surface area contributed by atoms with Gasteiger partial charge < -0.3 is 9.30 Å². The minimum Gasteiger partial charge on any atom is -0.378 e. The summed E-state index contributed by atoms with van der Waals surface area (Å²) in [5.41, 5.74) is 6.90. The topological polar surface area (TPSA) is 20.5 Å². The Labute approximate surface area is 148 Å². The minimum absolute atomic E-state index is 0.858. The third-order valence-corrected chi connectivity index (χ3v) is 4.50. The van der Waals surface area contributed by atoms with Crippen molar-refractivity contribution in [3.8, 4) is 11.3 Å². The molecule has 124 valence electrons. The summed E-state index contributed by atoms with van der Waals surface area (Å²) in [5.74, 6) is 0. The summed E-state index contributed by atoms with van der Waals surface area (Å²) < 4.78 is 2.20. The van der Waals surface area contributed by atoms with E-state index >= 15 is 0 Å². The van der Waals surface area contributed by atoms with Gasteiger partial charge >= 0.3 is 0 Å². The van der Waals surface area contributed by atoms with Crippen molar-refractivity contribution in [2.45, 2.75) is 6.42 Å². The number of hydrogen-bond donors (Lipinski definition) is 0. The van der Waals surface area contributed by atoms with Gasteiger partial charge in [-0.15, -0.1) is 0 Å². The molecule has 4 aromatic rings. The molecule has 25 heavy (non-hydrogen) atoms. The molecule has 0 bridgehead atoms. The number of pyridine rings is 1. The van der Waals surface area contributed by atoms with E-state index in [2.05, 4.69) is 96.3 Å². The summed E-state index contributed by atoms with van der Waals surface area (Å²) in [7, 11) is 4.11. The van der Waals surface area contributed by atoms with Crippen LogP contribution in [0, 0.1) is 0 Å². The van der Waals surface area contributed by atoms with Gasteiger partial charge in [0.15, 0.2) is 0 Å². The molecule has 4 rings (SSSR count). The van der Waals surface area contributed by atoms with Gasteiger partial charge in [-0.05, 0) is 29.8 Å². The molecule has 0 saturated carbocycles.